The van der Waals surface area contributed by atoms with Crippen LogP contribution in [-0.2, 0) is 4.74 Å². The summed E-state index contributed by atoms with van der Waals surface area (Å²) < 4.78 is 47.8. The average molecular weight is 547 g/mol. The Morgan fingerprint density at radius 2 is 1.76 bits per heavy atom. The van der Waals surface area contributed by atoms with Crippen molar-refractivity contribution in [2.24, 2.45) is 0 Å². The van der Waals surface area contributed by atoms with E-state index in [1.807, 2.05) is 55.4 Å². The van der Waals surface area contributed by atoms with Crippen LogP contribution < -0.4 is 4.90 Å². The van der Waals surface area contributed by atoms with E-state index in [1.165, 1.54) is 18.0 Å². The van der Waals surface area contributed by atoms with Gasteiger partial charge in [0, 0.05) is 35.6 Å². The number of halogens is 3. The minimum atomic E-state index is -1.60. The van der Waals surface area contributed by atoms with Gasteiger partial charge in [0.25, 0.3) is 0 Å². The predicted molar refractivity (Wildman–Crippen MR) is 136 cm³/mol. The first kappa shape index (κ1) is 26.4. The van der Waals surface area contributed by atoms with Crippen molar-refractivity contribution in [3.05, 3.63) is 72.2 Å². The first-order valence-corrected chi connectivity index (χ1v) is 12.6. The number of benzene rings is 3. The van der Waals surface area contributed by atoms with Gasteiger partial charge in [0.2, 0.25) is 0 Å². The zero-order valence-corrected chi connectivity index (χ0v) is 21.2. The van der Waals surface area contributed by atoms with Crippen molar-refractivity contribution in [3.63, 3.8) is 0 Å². The van der Waals surface area contributed by atoms with Crippen LogP contribution in [0.5, 0.6) is 0 Å². The van der Waals surface area contributed by atoms with E-state index in [1.54, 1.807) is 0 Å². The summed E-state index contributed by atoms with van der Waals surface area (Å²) >= 11 is 1.22. The molecule has 3 N–H and O–H groups in total. The summed E-state index contributed by atoms with van der Waals surface area (Å²) in [5, 5.41) is 41.8. The Kier molecular flexibility index (Phi) is 7.34. The third-order valence-electron chi connectivity index (χ3n) is 6.51. The Morgan fingerprint density at radius 3 is 2.45 bits per heavy atom. The molecule has 8 nitrogen and oxygen atoms in total. The highest BCUT2D eigenvalue weighted by atomic mass is 32.2. The van der Waals surface area contributed by atoms with Crippen LogP contribution in [0.3, 0.4) is 0 Å². The van der Waals surface area contributed by atoms with Crippen molar-refractivity contribution in [2.75, 3.05) is 25.6 Å². The van der Waals surface area contributed by atoms with Gasteiger partial charge in [-0.1, -0.05) is 35.2 Å². The zero-order valence-electron chi connectivity index (χ0n) is 20.4. The minimum Gasteiger partial charge on any atom is -0.394 e. The van der Waals surface area contributed by atoms with Crippen molar-refractivity contribution in [3.8, 4) is 11.3 Å². The molecular formula is C26H25F3N4O4S. The highest BCUT2D eigenvalue weighted by molar-refractivity contribution is 7.99. The molecule has 1 aliphatic heterocycles. The second-order valence-electron chi connectivity index (χ2n) is 9.21. The molecule has 0 spiro atoms. The van der Waals surface area contributed by atoms with Crippen molar-refractivity contribution in [1.82, 2.24) is 15.0 Å². The lowest BCUT2D eigenvalue weighted by molar-refractivity contribution is -0.178. The van der Waals surface area contributed by atoms with Gasteiger partial charge in [-0.15, -0.1) is 5.10 Å². The molecule has 2 heterocycles. The van der Waals surface area contributed by atoms with Crippen molar-refractivity contribution >= 4 is 28.2 Å². The number of fused-ring (bicyclic) bond motifs is 1. The largest absolute Gasteiger partial charge is 0.394 e. The van der Waals surface area contributed by atoms with E-state index in [0.29, 0.717) is 0 Å². The first-order valence-electron chi connectivity index (χ1n) is 11.7. The van der Waals surface area contributed by atoms with Gasteiger partial charge in [0.05, 0.1) is 12.8 Å². The number of aromatic nitrogens is 3. The number of hydrogen-bond donors (Lipinski definition) is 3. The van der Waals surface area contributed by atoms with Crippen LogP contribution >= 0.6 is 11.8 Å². The van der Waals surface area contributed by atoms with Crippen LogP contribution in [0.15, 0.2) is 59.6 Å². The lowest BCUT2D eigenvalue weighted by Crippen LogP contribution is -2.55. The Hall–Kier alpha value is -3.16. The monoisotopic (exact) mass is 546 g/mol. The number of ether oxygens (including phenoxy) is 1. The molecular weight excluding hydrogens is 521 g/mol. The Balaban J connectivity index is 1.43. The average Bonchev–Trinajstić information content (AvgIpc) is 3.38. The standard InChI is InChI=1S/C26H25F3N4O4S/c1-32(2)20-5-3-4-13-8-15(6-7-16(13)20)38-26-25(36)23(24(35)21(12-34)37-26)33-11-19(30-31-33)14-9-17(27)22(29)18(28)10-14/h3-11,21,23-26,34-36H,12H2,1-2H3. The molecule has 0 bridgehead atoms. The number of nitrogens with zero attached hydrogens (tertiary/aromatic N) is 4. The Labute approximate surface area is 220 Å². The maximum atomic E-state index is 13.7. The van der Waals surface area contributed by atoms with Gasteiger partial charge in [0.1, 0.15) is 35.5 Å². The van der Waals surface area contributed by atoms with E-state index in [-0.39, 0.29) is 11.3 Å². The van der Waals surface area contributed by atoms with Crippen LogP contribution in [0.1, 0.15) is 6.04 Å². The van der Waals surface area contributed by atoms with E-state index in [4.69, 9.17) is 4.74 Å². The number of hydrogen-bond acceptors (Lipinski definition) is 8. The molecule has 12 heteroatoms. The molecule has 4 aromatic rings. The molecule has 1 aromatic heterocycles. The molecule has 0 amide bonds. The maximum absolute atomic E-state index is 13.7. The van der Waals surface area contributed by atoms with Gasteiger partial charge in [-0.3, -0.25) is 0 Å². The number of aliphatic hydroxyl groups is 3. The van der Waals surface area contributed by atoms with E-state index in [0.717, 1.165) is 38.2 Å². The summed E-state index contributed by atoms with van der Waals surface area (Å²) in [7, 11) is 3.92. The zero-order chi connectivity index (χ0) is 27.1. The van der Waals surface area contributed by atoms with Crippen LogP contribution in [0.2, 0.25) is 0 Å². The lowest BCUT2D eigenvalue weighted by Gasteiger charge is -2.41. The maximum Gasteiger partial charge on any atom is 0.194 e. The quantitative estimate of drug-likeness (QED) is 0.317. The molecule has 200 valence electrons. The van der Waals surface area contributed by atoms with E-state index >= 15 is 0 Å². The van der Waals surface area contributed by atoms with Gasteiger partial charge >= 0.3 is 0 Å². The summed E-state index contributed by atoms with van der Waals surface area (Å²) in [5.74, 6) is -4.37. The third kappa shape index (κ3) is 4.85. The Morgan fingerprint density at radius 1 is 1.03 bits per heavy atom. The number of rotatable bonds is 6. The van der Waals surface area contributed by atoms with Gasteiger partial charge in [0.15, 0.2) is 17.5 Å². The predicted octanol–water partition coefficient (Wildman–Crippen LogP) is 3.35. The molecule has 5 atom stereocenters. The summed E-state index contributed by atoms with van der Waals surface area (Å²) in [6, 6.07) is 12.2. The van der Waals surface area contributed by atoms with E-state index in [9.17, 15) is 28.5 Å². The van der Waals surface area contributed by atoms with Crippen LogP contribution in [0, 0.1) is 17.5 Å². The highest BCUT2D eigenvalue weighted by Crippen LogP contribution is 2.39. The smallest absolute Gasteiger partial charge is 0.194 e. The van der Waals surface area contributed by atoms with Gasteiger partial charge in [-0.2, -0.15) is 0 Å². The Bertz CT molecular complexity index is 1450. The normalized spacial score (nSPS) is 23.6. The number of thioether (sulfide) groups is 1. The summed E-state index contributed by atoms with van der Waals surface area (Å²) in [4.78, 5) is 2.81. The molecule has 0 saturated carbocycles. The van der Waals surface area contributed by atoms with Crippen molar-refractivity contribution in [2.45, 2.75) is 34.7 Å². The second kappa shape index (κ2) is 10.5. The summed E-state index contributed by atoms with van der Waals surface area (Å²) in [6.45, 7) is -0.526. The topological polar surface area (TPSA) is 104 Å². The van der Waals surface area contributed by atoms with Gasteiger partial charge < -0.3 is 25.0 Å². The highest BCUT2D eigenvalue weighted by Gasteiger charge is 2.46. The molecule has 5 unspecified atom stereocenters. The molecule has 38 heavy (non-hydrogen) atoms. The molecule has 3 aromatic carbocycles. The van der Waals surface area contributed by atoms with Crippen LogP contribution in [-0.4, -0.2) is 74.8 Å². The lowest BCUT2D eigenvalue weighted by atomic mass is 9.97. The molecule has 1 saturated heterocycles. The summed E-state index contributed by atoms with van der Waals surface area (Å²) in [6.07, 6.45) is -2.45. The van der Waals surface area contributed by atoms with Gasteiger partial charge in [-0.25, -0.2) is 17.9 Å². The molecule has 0 radical (unpaired) electrons. The molecule has 1 fully saturated rings. The van der Waals surface area contributed by atoms with Gasteiger partial charge in [-0.05, 0) is 35.7 Å². The SMILES string of the molecule is CN(C)c1cccc2cc(SC3OC(CO)C(O)C(n4cc(-c5cc(F)c(F)c(F)c5)nn4)C3O)ccc12. The first-order chi connectivity index (χ1) is 18.2. The van der Waals surface area contributed by atoms with Crippen molar-refractivity contribution < 1.29 is 33.2 Å². The third-order valence-corrected chi connectivity index (χ3v) is 7.66. The fourth-order valence-corrected chi connectivity index (χ4v) is 5.69. The van der Waals surface area contributed by atoms with Crippen LogP contribution in [0.25, 0.3) is 22.0 Å². The fourth-order valence-electron chi connectivity index (χ4n) is 4.58. The second-order valence-corrected chi connectivity index (χ2v) is 10.4. The summed E-state index contributed by atoms with van der Waals surface area (Å²) in [5.41, 5.74) is 0.0917. The van der Waals surface area contributed by atoms with Crippen molar-refractivity contribution in [1.29, 1.82) is 0 Å². The number of anilines is 1. The molecule has 0 aliphatic carbocycles. The molecule has 5 rings (SSSR count). The van der Waals surface area contributed by atoms with E-state index < -0.39 is 53.8 Å². The minimum absolute atomic E-state index is 0.00432. The van der Waals surface area contributed by atoms with Crippen LogP contribution in [0.4, 0.5) is 18.9 Å². The van der Waals surface area contributed by atoms with E-state index in [2.05, 4.69) is 10.3 Å². The molecule has 1 aliphatic rings. The fraction of sp³-hybridized carbons (Fsp3) is 0.308. The number of aliphatic hydroxyl groups excluding tert-OH is 3.